The molecule has 2 fully saturated rings. The Labute approximate surface area is 129 Å². The van der Waals surface area contributed by atoms with Crippen LogP contribution in [-0.2, 0) is 4.79 Å². The molecule has 1 amide bonds. The Kier molecular flexibility index (Phi) is 6.49. The Hall–Kier alpha value is -0.610. The van der Waals surface area contributed by atoms with Gasteiger partial charge in [0.25, 0.3) is 0 Å². The number of carbonyl (C=O) groups excluding carboxylic acids is 1. The fourth-order valence-electron chi connectivity index (χ4n) is 4.04. The predicted octanol–water partition coefficient (Wildman–Crippen LogP) is 2.07. The second-order valence-electron chi connectivity index (χ2n) is 7.36. The predicted molar refractivity (Wildman–Crippen MR) is 84.9 cm³/mol. The van der Waals surface area contributed by atoms with E-state index in [1.54, 1.807) is 0 Å². The third-order valence-corrected chi connectivity index (χ3v) is 5.09. The highest BCUT2D eigenvalue weighted by Crippen LogP contribution is 2.33. The first kappa shape index (κ1) is 16.8. The van der Waals surface area contributed by atoms with Crippen molar-refractivity contribution in [2.24, 2.45) is 17.8 Å². The van der Waals surface area contributed by atoms with Gasteiger partial charge in [-0.25, -0.2) is 0 Å². The summed E-state index contributed by atoms with van der Waals surface area (Å²) in [6, 6.07) is 0.574. The molecule has 0 radical (unpaired) electrons. The van der Waals surface area contributed by atoms with Crippen LogP contribution in [0.1, 0.15) is 58.8 Å². The Bertz CT molecular complexity index is 319. The standard InChI is InChI=1S/C17H32N2O2/c1-12(2)9-13(7-8-20)11-18-17(21)16-10-14-5-3-4-6-15(14)19-16/h12-16,19-20H,3-11H2,1-2H3,(H,18,21). The van der Waals surface area contributed by atoms with Gasteiger partial charge >= 0.3 is 0 Å². The molecule has 1 aliphatic heterocycles. The maximum absolute atomic E-state index is 12.3. The Morgan fingerprint density at radius 3 is 2.76 bits per heavy atom. The highest BCUT2D eigenvalue weighted by Gasteiger charge is 2.38. The fraction of sp³-hybridized carbons (Fsp3) is 0.941. The van der Waals surface area contributed by atoms with Crippen molar-refractivity contribution in [3.8, 4) is 0 Å². The van der Waals surface area contributed by atoms with Crippen molar-refractivity contribution in [3.63, 3.8) is 0 Å². The lowest BCUT2D eigenvalue weighted by Crippen LogP contribution is -2.44. The monoisotopic (exact) mass is 296 g/mol. The summed E-state index contributed by atoms with van der Waals surface area (Å²) in [5.41, 5.74) is 0. The van der Waals surface area contributed by atoms with E-state index in [0.717, 1.165) is 19.3 Å². The normalized spacial score (nSPS) is 30.2. The third-order valence-electron chi connectivity index (χ3n) is 5.09. The molecule has 0 aromatic carbocycles. The number of rotatable bonds is 7. The van der Waals surface area contributed by atoms with Crippen molar-refractivity contribution in [1.29, 1.82) is 0 Å². The topological polar surface area (TPSA) is 61.4 Å². The summed E-state index contributed by atoms with van der Waals surface area (Å²) in [5.74, 6) is 1.86. The Morgan fingerprint density at radius 1 is 1.33 bits per heavy atom. The summed E-state index contributed by atoms with van der Waals surface area (Å²) >= 11 is 0. The number of aliphatic hydroxyl groups excluding tert-OH is 1. The van der Waals surface area contributed by atoms with Crippen LogP contribution in [0.25, 0.3) is 0 Å². The number of amides is 1. The lowest BCUT2D eigenvalue weighted by molar-refractivity contribution is -0.123. The number of carbonyl (C=O) groups is 1. The molecule has 4 unspecified atom stereocenters. The van der Waals surface area contributed by atoms with Crippen molar-refractivity contribution in [1.82, 2.24) is 10.6 Å². The van der Waals surface area contributed by atoms with Crippen molar-refractivity contribution in [2.75, 3.05) is 13.2 Å². The number of fused-ring (bicyclic) bond motifs is 1. The van der Waals surface area contributed by atoms with E-state index in [9.17, 15) is 4.79 Å². The smallest absolute Gasteiger partial charge is 0.237 e. The molecule has 4 nitrogen and oxygen atoms in total. The van der Waals surface area contributed by atoms with E-state index in [1.807, 2.05) is 0 Å². The summed E-state index contributed by atoms with van der Waals surface area (Å²) in [6.07, 6.45) is 7.98. The number of hydrogen-bond donors (Lipinski definition) is 3. The molecule has 0 spiro atoms. The van der Waals surface area contributed by atoms with Crippen LogP contribution in [0.2, 0.25) is 0 Å². The average molecular weight is 296 g/mol. The SMILES string of the molecule is CC(C)CC(CCO)CNC(=O)C1CC2CCCCC2N1. The molecule has 2 aliphatic rings. The first-order chi connectivity index (χ1) is 10.1. The van der Waals surface area contributed by atoms with E-state index < -0.39 is 0 Å². The molecule has 4 atom stereocenters. The molecule has 0 bridgehead atoms. The molecule has 0 aromatic heterocycles. The van der Waals surface area contributed by atoms with Crippen LogP contribution in [0, 0.1) is 17.8 Å². The van der Waals surface area contributed by atoms with Gasteiger partial charge < -0.3 is 15.7 Å². The second-order valence-corrected chi connectivity index (χ2v) is 7.36. The summed E-state index contributed by atoms with van der Waals surface area (Å²) < 4.78 is 0. The van der Waals surface area contributed by atoms with Crippen LogP contribution in [0.3, 0.4) is 0 Å². The number of aliphatic hydroxyl groups is 1. The maximum Gasteiger partial charge on any atom is 0.237 e. The van der Waals surface area contributed by atoms with Crippen LogP contribution in [0.15, 0.2) is 0 Å². The van der Waals surface area contributed by atoms with Crippen molar-refractivity contribution in [3.05, 3.63) is 0 Å². The van der Waals surface area contributed by atoms with Gasteiger partial charge in [-0.1, -0.05) is 26.7 Å². The number of hydrogen-bond acceptors (Lipinski definition) is 3. The fourth-order valence-corrected chi connectivity index (χ4v) is 4.04. The zero-order valence-electron chi connectivity index (χ0n) is 13.6. The highest BCUT2D eigenvalue weighted by molar-refractivity contribution is 5.82. The first-order valence-corrected chi connectivity index (χ1v) is 8.74. The summed E-state index contributed by atoms with van der Waals surface area (Å²) in [4.78, 5) is 12.3. The lowest BCUT2D eigenvalue weighted by Gasteiger charge is -2.24. The molecule has 1 heterocycles. The molecule has 1 aliphatic carbocycles. The largest absolute Gasteiger partial charge is 0.396 e. The average Bonchev–Trinajstić information content (AvgIpc) is 2.88. The van der Waals surface area contributed by atoms with E-state index in [-0.39, 0.29) is 18.6 Å². The Morgan fingerprint density at radius 2 is 2.10 bits per heavy atom. The van der Waals surface area contributed by atoms with Gasteiger partial charge in [0.1, 0.15) is 0 Å². The molecule has 4 heteroatoms. The van der Waals surface area contributed by atoms with Crippen molar-refractivity contribution >= 4 is 5.91 Å². The Balaban J connectivity index is 1.75. The van der Waals surface area contributed by atoms with E-state index in [1.165, 1.54) is 25.7 Å². The van der Waals surface area contributed by atoms with E-state index >= 15 is 0 Å². The summed E-state index contributed by atoms with van der Waals surface area (Å²) in [6.45, 7) is 5.29. The molecule has 0 aromatic rings. The van der Waals surface area contributed by atoms with Crippen LogP contribution in [0.5, 0.6) is 0 Å². The van der Waals surface area contributed by atoms with E-state index in [0.29, 0.717) is 30.3 Å². The van der Waals surface area contributed by atoms with Crippen molar-refractivity contribution in [2.45, 2.75) is 70.9 Å². The highest BCUT2D eigenvalue weighted by atomic mass is 16.3. The molecule has 2 rings (SSSR count). The van der Waals surface area contributed by atoms with Crippen LogP contribution in [-0.4, -0.2) is 36.2 Å². The third kappa shape index (κ3) is 4.96. The minimum Gasteiger partial charge on any atom is -0.396 e. The zero-order chi connectivity index (χ0) is 15.2. The minimum atomic E-state index is 0.00641. The van der Waals surface area contributed by atoms with Gasteiger partial charge in [-0.15, -0.1) is 0 Å². The van der Waals surface area contributed by atoms with E-state index in [4.69, 9.17) is 5.11 Å². The number of nitrogens with one attached hydrogen (secondary N) is 2. The lowest BCUT2D eigenvalue weighted by atomic mass is 9.85. The van der Waals surface area contributed by atoms with Gasteiger partial charge in [0, 0.05) is 19.2 Å². The maximum atomic E-state index is 12.3. The molecule has 21 heavy (non-hydrogen) atoms. The molecule has 122 valence electrons. The molecule has 1 saturated carbocycles. The zero-order valence-corrected chi connectivity index (χ0v) is 13.6. The molecular weight excluding hydrogens is 264 g/mol. The second kappa shape index (κ2) is 8.14. The van der Waals surface area contributed by atoms with Crippen LogP contribution < -0.4 is 10.6 Å². The van der Waals surface area contributed by atoms with Gasteiger partial charge in [0.05, 0.1) is 6.04 Å². The molecule has 1 saturated heterocycles. The quantitative estimate of drug-likeness (QED) is 0.674. The van der Waals surface area contributed by atoms with E-state index in [2.05, 4.69) is 24.5 Å². The van der Waals surface area contributed by atoms with Crippen LogP contribution in [0.4, 0.5) is 0 Å². The van der Waals surface area contributed by atoms with Gasteiger partial charge in [-0.05, 0) is 49.9 Å². The van der Waals surface area contributed by atoms with Gasteiger partial charge in [-0.3, -0.25) is 4.79 Å². The van der Waals surface area contributed by atoms with Gasteiger partial charge in [-0.2, -0.15) is 0 Å². The summed E-state index contributed by atoms with van der Waals surface area (Å²) in [7, 11) is 0. The molecular formula is C17H32N2O2. The van der Waals surface area contributed by atoms with Gasteiger partial charge in [0.2, 0.25) is 5.91 Å². The van der Waals surface area contributed by atoms with Crippen molar-refractivity contribution < 1.29 is 9.90 Å². The first-order valence-electron chi connectivity index (χ1n) is 8.74. The van der Waals surface area contributed by atoms with Crippen LogP contribution >= 0.6 is 0 Å². The molecule has 3 N–H and O–H groups in total. The minimum absolute atomic E-state index is 0.00641. The summed E-state index contributed by atoms with van der Waals surface area (Å²) in [5, 5.41) is 15.8. The van der Waals surface area contributed by atoms with Gasteiger partial charge in [0.15, 0.2) is 0 Å².